The number of hydrazone groups is 1. The molecule has 2 aromatic carbocycles. The fourth-order valence-corrected chi connectivity index (χ4v) is 2.19. The van der Waals surface area contributed by atoms with Crippen LogP contribution in [0.5, 0.6) is 11.5 Å². The molecule has 0 saturated carbocycles. The second kappa shape index (κ2) is 8.15. The van der Waals surface area contributed by atoms with Gasteiger partial charge in [0.2, 0.25) is 0 Å². The number of carbonyl (C=O) groups excluding carboxylic acids is 1. The standard InChI is InChI=1S/C19H22N2O3/c1-13(2)16-9-8-14(3)10-18(16)24-12-19(23)21-20-11-15-6-4-5-7-17(15)22/h4-11,13,22H,12H2,1-3H3,(H,21,23)/b20-11-. The first-order chi connectivity index (χ1) is 11.5. The number of carbonyl (C=O) groups is 1. The number of hydrogen-bond donors (Lipinski definition) is 2. The van der Waals surface area contributed by atoms with E-state index in [2.05, 4.69) is 24.4 Å². The van der Waals surface area contributed by atoms with Crippen LogP contribution in [-0.2, 0) is 4.79 Å². The first-order valence-electron chi connectivity index (χ1n) is 7.80. The van der Waals surface area contributed by atoms with Gasteiger partial charge in [-0.15, -0.1) is 0 Å². The van der Waals surface area contributed by atoms with E-state index in [0.29, 0.717) is 17.2 Å². The minimum absolute atomic E-state index is 0.105. The topological polar surface area (TPSA) is 70.9 Å². The van der Waals surface area contributed by atoms with E-state index < -0.39 is 0 Å². The number of nitrogens with one attached hydrogen (secondary N) is 1. The maximum atomic E-state index is 11.8. The number of ether oxygens (including phenoxy) is 1. The monoisotopic (exact) mass is 326 g/mol. The highest BCUT2D eigenvalue weighted by Gasteiger charge is 2.10. The Labute approximate surface area is 142 Å². The summed E-state index contributed by atoms with van der Waals surface area (Å²) in [6.07, 6.45) is 1.39. The van der Waals surface area contributed by atoms with E-state index in [4.69, 9.17) is 4.74 Å². The maximum absolute atomic E-state index is 11.8. The van der Waals surface area contributed by atoms with Crippen LogP contribution in [0.1, 0.15) is 36.5 Å². The summed E-state index contributed by atoms with van der Waals surface area (Å²) in [5.41, 5.74) is 5.05. The van der Waals surface area contributed by atoms with Crippen LogP contribution in [0.2, 0.25) is 0 Å². The van der Waals surface area contributed by atoms with Gasteiger partial charge >= 0.3 is 0 Å². The quantitative estimate of drug-likeness (QED) is 0.632. The van der Waals surface area contributed by atoms with Gasteiger partial charge in [0, 0.05) is 5.56 Å². The van der Waals surface area contributed by atoms with Crippen LogP contribution in [0, 0.1) is 6.92 Å². The molecular weight excluding hydrogens is 304 g/mol. The van der Waals surface area contributed by atoms with Crippen LogP contribution in [0.25, 0.3) is 0 Å². The molecule has 0 atom stereocenters. The molecule has 2 rings (SSSR count). The van der Waals surface area contributed by atoms with E-state index in [9.17, 15) is 9.90 Å². The molecule has 1 amide bonds. The molecule has 0 saturated heterocycles. The predicted molar refractivity (Wildman–Crippen MR) is 94.6 cm³/mol. The second-order valence-electron chi connectivity index (χ2n) is 5.84. The molecule has 0 aromatic heterocycles. The van der Waals surface area contributed by atoms with Gasteiger partial charge in [-0.05, 0) is 42.2 Å². The fourth-order valence-electron chi connectivity index (χ4n) is 2.19. The molecule has 0 unspecified atom stereocenters. The van der Waals surface area contributed by atoms with E-state index in [0.717, 1.165) is 11.1 Å². The average Bonchev–Trinajstić information content (AvgIpc) is 2.54. The van der Waals surface area contributed by atoms with Gasteiger partial charge in [-0.3, -0.25) is 4.79 Å². The van der Waals surface area contributed by atoms with Crippen LogP contribution in [0.3, 0.4) is 0 Å². The van der Waals surface area contributed by atoms with Crippen molar-refractivity contribution in [1.82, 2.24) is 5.43 Å². The summed E-state index contributed by atoms with van der Waals surface area (Å²) < 4.78 is 5.63. The summed E-state index contributed by atoms with van der Waals surface area (Å²) in [4.78, 5) is 11.8. The predicted octanol–water partition coefficient (Wildman–Crippen LogP) is 3.35. The summed E-state index contributed by atoms with van der Waals surface area (Å²) >= 11 is 0. The summed E-state index contributed by atoms with van der Waals surface area (Å²) in [5, 5.41) is 13.4. The van der Waals surface area contributed by atoms with Gasteiger partial charge in [0.15, 0.2) is 6.61 Å². The summed E-state index contributed by atoms with van der Waals surface area (Å²) in [5.74, 6) is 0.763. The Balaban J connectivity index is 1.92. The first kappa shape index (κ1) is 17.5. The number of benzene rings is 2. The van der Waals surface area contributed by atoms with E-state index in [1.54, 1.807) is 24.3 Å². The van der Waals surface area contributed by atoms with Gasteiger partial charge in [-0.2, -0.15) is 5.10 Å². The molecule has 126 valence electrons. The number of aryl methyl sites for hydroxylation is 1. The van der Waals surface area contributed by atoms with Gasteiger partial charge < -0.3 is 9.84 Å². The molecule has 0 aliphatic carbocycles. The summed E-state index contributed by atoms with van der Waals surface area (Å²) in [6, 6.07) is 12.7. The number of phenols is 1. The number of rotatable bonds is 6. The molecule has 5 heteroatoms. The second-order valence-corrected chi connectivity index (χ2v) is 5.84. The Kier molecular flexibility index (Phi) is 5.95. The molecule has 24 heavy (non-hydrogen) atoms. The van der Waals surface area contributed by atoms with Crippen molar-refractivity contribution < 1.29 is 14.6 Å². The largest absolute Gasteiger partial charge is 0.507 e. The maximum Gasteiger partial charge on any atom is 0.277 e. The molecule has 0 radical (unpaired) electrons. The Morgan fingerprint density at radius 1 is 1.29 bits per heavy atom. The zero-order valence-electron chi connectivity index (χ0n) is 14.1. The van der Waals surface area contributed by atoms with Crippen LogP contribution < -0.4 is 10.2 Å². The molecular formula is C19H22N2O3. The molecule has 0 heterocycles. The number of para-hydroxylation sites is 1. The lowest BCUT2D eigenvalue weighted by Crippen LogP contribution is -2.25. The first-order valence-corrected chi connectivity index (χ1v) is 7.80. The molecule has 5 nitrogen and oxygen atoms in total. The van der Waals surface area contributed by atoms with Crippen molar-refractivity contribution in [2.24, 2.45) is 5.10 Å². The average molecular weight is 326 g/mol. The number of hydrogen-bond acceptors (Lipinski definition) is 4. The van der Waals surface area contributed by atoms with Crippen molar-refractivity contribution >= 4 is 12.1 Å². The fraction of sp³-hybridized carbons (Fsp3) is 0.263. The van der Waals surface area contributed by atoms with Crippen molar-refractivity contribution in [1.29, 1.82) is 0 Å². The molecule has 0 fully saturated rings. The Hall–Kier alpha value is -2.82. The third kappa shape index (κ3) is 4.84. The molecule has 0 aliphatic heterocycles. The highest BCUT2D eigenvalue weighted by Crippen LogP contribution is 2.27. The van der Waals surface area contributed by atoms with Crippen molar-refractivity contribution in [3.8, 4) is 11.5 Å². The highest BCUT2D eigenvalue weighted by molar-refractivity contribution is 5.85. The normalized spacial score (nSPS) is 11.0. The van der Waals surface area contributed by atoms with Crippen LogP contribution in [0.15, 0.2) is 47.6 Å². The molecule has 2 N–H and O–H groups in total. The number of amides is 1. The SMILES string of the molecule is Cc1ccc(C(C)C)c(OCC(=O)N/N=C\c2ccccc2O)c1. The number of phenolic OH excluding ortho intramolecular Hbond substituents is 1. The van der Waals surface area contributed by atoms with Gasteiger partial charge in [-0.25, -0.2) is 5.43 Å². The molecule has 2 aromatic rings. The van der Waals surface area contributed by atoms with Crippen LogP contribution in [-0.4, -0.2) is 23.8 Å². The van der Waals surface area contributed by atoms with Gasteiger partial charge in [0.05, 0.1) is 6.21 Å². The van der Waals surface area contributed by atoms with E-state index in [1.165, 1.54) is 6.21 Å². The van der Waals surface area contributed by atoms with Gasteiger partial charge in [0.1, 0.15) is 11.5 Å². The van der Waals surface area contributed by atoms with Crippen LogP contribution >= 0.6 is 0 Å². The van der Waals surface area contributed by atoms with Crippen molar-refractivity contribution in [3.63, 3.8) is 0 Å². The van der Waals surface area contributed by atoms with E-state index in [-0.39, 0.29) is 18.3 Å². The zero-order chi connectivity index (χ0) is 17.5. The smallest absolute Gasteiger partial charge is 0.277 e. The molecule has 0 bridgehead atoms. The third-order valence-corrected chi connectivity index (χ3v) is 3.48. The minimum atomic E-state index is -0.363. The molecule has 0 aliphatic rings. The molecule has 0 spiro atoms. The number of aromatic hydroxyl groups is 1. The Bertz CT molecular complexity index is 739. The Morgan fingerprint density at radius 2 is 2.04 bits per heavy atom. The van der Waals surface area contributed by atoms with E-state index >= 15 is 0 Å². The lowest BCUT2D eigenvalue weighted by Gasteiger charge is -2.14. The lowest BCUT2D eigenvalue weighted by molar-refractivity contribution is -0.123. The van der Waals surface area contributed by atoms with Crippen molar-refractivity contribution in [2.75, 3.05) is 6.61 Å². The minimum Gasteiger partial charge on any atom is -0.507 e. The van der Waals surface area contributed by atoms with E-state index in [1.807, 2.05) is 25.1 Å². The van der Waals surface area contributed by atoms with Gasteiger partial charge in [-0.1, -0.05) is 38.1 Å². The third-order valence-electron chi connectivity index (χ3n) is 3.48. The lowest BCUT2D eigenvalue weighted by atomic mass is 10.0. The summed E-state index contributed by atoms with van der Waals surface area (Å²) in [6.45, 7) is 6.01. The van der Waals surface area contributed by atoms with Crippen LogP contribution in [0.4, 0.5) is 0 Å². The van der Waals surface area contributed by atoms with Gasteiger partial charge in [0.25, 0.3) is 5.91 Å². The number of nitrogens with zero attached hydrogens (tertiary/aromatic N) is 1. The Morgan fingerprint density at radius 3 is 2.75 bits per heavy atom. The zero-order valence-corrected chi connectivity index (χ0v) is 14.1. The van der Waals surface area contributed by atoms with Crippen molar-refractivity contribution in [3.05, 3.63) is 59.2 Å². The van der Waals surface area contributed by atoms with Crippen molar-refractivity contribution in [2.45, 2.75) is 26.7 Å². The highest BCUT2D eigenvalue weighted by atomic mass is 16.5. The summed E-state index contributed by atoms with van der Waals surface area (Å²) in [7, 11) is 0.